The molecule has 0 saturated carbocycles. The Morgan fingerprint density at radius 3 is 2.57 bits per heavy atom. The van der Waals surface area contributed by atoms with E-state index < -0.39 is 18.0 Å². The van der Waals surface area contributed by atoms with Crippen molar-refractivity contribution in [3.8, 4) is 11.1 Å². The number of amides is 4. The molecule has 2 aromatic heterocycles. The number of urea groups is 1. The molecular formula is C20H20N6O4. The molecule has 3 rings (SSSR count). The first-order chi connectivity index (χ1) is 14.4. The number of rotatable bonds is 6. The van der Waals surface area contributed by atoms with Crippen molar-refractivity contribution in [3.63, 3.8) is 0 Å². The molecule has 4 amide bonds. The van der Waals surface area contributed by atoms with E-state index in [4.69, 9.17) is 10.8 Å². The highest BCUT2D eigenvalue weighted by molar-refractivity contribution is 6.02. The first kappa shape index (κ1) is 20.5. The van der Waals surface area contributed by atoms with Gasteiger partial charge in [-0.15, -0.1) is 0 Å². The Morgan fingerprint density at radius 2 is 1.87 bits per heavy atom. The maximum atomic E-state index is 11.9. The monoisotopic (exact) mass is 408 g/mol. The van der Waals surface area contributed by atoms with Crippen molar-refractivity contribution in [3.05, 3.63) is 54.0 Å². The van der Waals surface area contributed by atoms with Crippen molar-refractivity contribution in [2.75, 3.05) is 11.9 Å². The number of hydrogen-bond donors (Lipinski definition) is 5. The van der Waals surface area contributed by atoms with Crippen LogP contribution in [0.25, 0.3) is 21.9 Å². The largest absolute Gasteiger partial charge is 0.465 e. The van der Waals surface area contributed by atoms with E-state index in [2.05, 4.69) is 25.9 Å². The molecule has 10 heteroatoms. The van der Waals surface area contributed by atoms with E-state index in [0.717, 1.165) is 5.56 Å². The number of pyridine rings is 2. The van der Waals surface area contributed by atoms with Gasteiger partial charge in [-0.1, -0.05) is 12.1 Å². The van der Waals surface area contributed by atoms with Crippen LogP contribution in [0.4, 0.5) is 15.4 Å². The second kappa shape index (κ2) is 8.86. The number of carboxylic acid groups (broad SMARTS) is 1. The van der Waals surface area contributed by atoms with Gasteiger partial charge in [-0.3, -0.25) is 15.1 Å². The van der Waals surface area contributed by atoms with E-state index in [1.165, 1.54) is 6.20 Å². The Bertz CT molecular complexity index is 1130. The molecule has 154 valence electrons. The molecule has 0 radical (unpaired) electrons. The summed E-state index contributed by atoms with van der Waals surface area (Å²) in [7, 11) is 0. The third-order valence-corrected chi connectivity index (χ3v) is 4.32. The average molecular weight is 408 g/mol. The van der Waals surface area contributed by atoms with Gasteiger partial charge < -0.3 is 21.5 Å². The highest BCUT2D eigenvalue weighted by Gasteiger charge is 2.13. The van der Waals surface area contributed by atoms with E-state index >= 15 is 0 Å². The van der Waals surface area contributed by atoms with Crippen LogP contribution in [-0.2, 0) is 6.54 Å². The molecule has 10 nitrogen and oxygen atoms in total. The number of primary amides is 1. The number of nitrogens with two attached hydrogens (primary N) is 1. The Morgan fingerprint density at radius 1 is 1.07 bits per heavy atom. The predicted molar refractivity (Wildman–Crippen MR) is 111 cm³/mol. The summed E-state index contributed by atoms with van der Waals surface area (Å²) >= 11 is 0. The zero-order valence-electron chi connectivity index (χ0n) is 16.1. The lowest BCUT2D eigenvalue weighted by Crippen LogP contribution is -2.28. The van der Waals surface area contributed by atoms with E-state index in [1.54, 1.807) is 43.5 Å². The molecule has 0 aliphatic heterocycles. The number of anilines is 1. The second-order valence-electron chi connectivity index (χ2n) is 6.32. The lowest BCUT2D eigenvalue weighted by atomic mass is 9.96. The first-order valence-corrected chi connectivity index (χ1v) is 9.08. The standard InChI is InChI=1S/C20H20N6O4/c1-2-22-19(28)26-17-8-14-13(11-5-6-23-16(7-11)18(21)27)4-3-12(9-25-20(29)30)15(14)10-24-17/h3-8,10,25H,2,9H2,1H3,(H2,21,27)(H,29,30)(H2,22,24,26,28). The maximum absolute atomic E-state index is 11.9. The van der Waals surface area contributed by atoms with Crippen LogP contribution in [0, 0.1) is 0 Å². The van der Waals surface area contributed by atoms with Gasteiger partial charge in [0.2, 0.25) is 0 Å². The molecule has 0 fully saturated rings. The Labute approximate surface area is 171 Å². The predicted octanol–water partition coefficient (Wildman–Crippen LogP) is 2.30. The van der Waals surface area contributed by atoms with Crippen LogP contribution in [0.15, 0.2) is 42.7 Å². The maximum Gasteiger partial charge on any atom is 0.404 e. The fraction of sp³-hybridized carbons (Fsp3) is 0.150. The van der Waals surface area contributed by atoms with Gasteiger partial charge in [-0.25, -0.2) is 14.6 Å². The molecule has 0 saturated heterocycles. The van der Waals surface area contributed by atoms with Gasteiger partial charge in [0.15, 0.2) is 0 Å². The summed E-state index contributed by atoms with van der Waals surface area (Å²) in [4.78, 5) is 42.5. The Kier molecular flexibility index (Phi) is 6.06. The molecule has 1 aromatic carbocycles. The van der Waals surface area contributed by atoms with Gasteiger partial charge in [-0.2, -0.15) is 0 Å². The number of nitrogens with one attached hydrogen (secondary N) is 3. The summed E-state index contributed by atoms with van der Waals surface area (Å²) in [5.41, 5.74) is 7.60. The quantitative estimate of drug-likeness (QED) is 0.421. The minimum absolute atomic E-state index is 0.0831. The summed E-state index contributed by atoms with van der Waals surface area (Å²) < 4.78 is 0. The molecule has 0 unspecified atom stereocenters. The fourth-order valence-corrected chi connectivity index (χ4v) is 3.00. The van der Waals surface area contributed by atoms with E-state index in [-0.39, 0.29) is 12.2 Å². The third-order valence-electron chi connectivity index (χ3n) is 4.32. The summed E-state index contributed by atoms with van der Waals surface area (Å²) in [6.07, 6.45) is 1.90. The smallest absolute Gasteiger partial charge is 0.404 e. The zero-order chi connectivity index (χ0) is 21.7. The lowest BCUT2D eigenvalue weighted by Gasteiger charge is -2.14. The third kappa shape index (κ3) is 4.61. The highest BCUT2D eigenvalue weighted by atomic mass is 16.4. The molecule has 0 bridgehead atoms. The topological polar surface area (TPSA) is 159 Å². The molecule has 0 atom stereocenters. The average Bonchev–Trinajstić information content (AvgIpc) is 2.72. The van der Waals surface area contributed by atoms with Crippen molar-refractivity contribution in [2.45, 2.75) is 13.5 Å². The van der Waals surface area contributed by atoms with Gasteiger partial charge in [0, 0.05) is 30.9 Å². The van der Waals surface area contributed by atoms with Crippen LogP contribution in [-0.4, -0.2) is 39.7 Å². The minimum atomic E-state index is -1.14. The SMILES string of the molecule is CCNC(=O)Nc1cc2c(-c3ccnc(C(N)=O)c3)ccc(CNC(=O)O)c2cn1. The van der Waals surface area contributed by atoms with Crippen molar-refractivity contribution in [1.29, 1.82) is 0 Å². The van der Waals surface area contributed by atoms with Gasteiger partial charge >= 0.3 is 12.1 Å². The highest BCUT2D eigenvalue weighted by Crippen LogP contribution is 2.32. The fourth-order valence-electron chi connectivity index (χ4n) is 3.00. The van der Waals surface area contributed by atoms with E-state index in [9.17, 15) is 14.4 Å². The molecule has 0 aliphatic rings. The lowest BCUT2D eigenvalue weighted by molar-refractivity contribution is 0.0995. The van der Waals surface area contributed by atoms with Crippen LogP contribution < -0.4 is 21.7 Å². The zero-order valence-corrected chi connectivity index (χ0v) is 16.1. The van der Waals surface area contributed by atoms with Gasteiger partial charge in [0.1, 0.15) is 11.5 Å². The first-order valence-electron chi connectivity index (χ1n) is 9.08. The molecule has 0 spiro atoms. The second-order valence-corrected chi connectivity index (χ2v) is 6.32. The van der Waals surface area contributed by atoms with E-state index in [0.29, 0.717) is 34.3 Å². The molecular weight excluding hydrogens is 388 g/mol. The van der Waals surface area contributed by atoms with Gasteiger partial charge in [0.05, 0.1) is 0 Å². The molecule has 2 heterocycles. The number of hydrogen-bond acceptors (Lipinski definition) is 5. The number of carbonyl (C=O) groups is 3. The number of benzene rings is 1. The molecule has 3 aromatic rings. The van der Waals surface area contributed by atoms with Crippen molar-refractivity contribution in [2.24, 2.45) is 5.73 Å². The van der Waals surface area contributed by atoms with Crippen LogP contribution in [0.5, 0.6) is 0 Å². The number of fused-ring (bicyclic) bond motifs is 1. The van der Waals surface area contributed by atoms with Crippen molar-refractivity contribution >= 4 is 34.6 Å². The molecule has 0 aliphatic carbocycles. The summed E-state index contributed by atoms with van der Waals surface area (Å²) in [6, 6.07) is 8.18. The number of nitrogens with zero attached hydrogens (tertiary/aromatic N) is 2. The number of aromatic nitrogens is 2. The normalized spacial score (nSPS) is 10.4. The van der Waals surface area contributed by atoms with Gasteiger partial charge in [-0.05, 0) is 47.2 Å². The van der Waals surface area contributed by atoms with Crippen LogP contribution >= 0.6 is 0 Å². The van der Waals surface area contributed by atoms with Crippen molar-refractivity contribution in [1.82, 2.24) is 20.6 Å². The van der Waals surface area contributed by atoms with Crippen LogP contribution in [0.2, 0.25) is 0 Å². The number of carbonyl (C=O) groups excluding carboxylic acids is 2. The van der Waals surface area contributed by atoms with E-state index in [1.807, 2.05) is 0 Å². The summed E-state index contributed by atoms with van der Waals surface area (Å²) in [5.74, 6) is -0.328. The minimum Gasteiger partial charge on any atom is -0.465 e. The van der Waals surface area contributed by atoms with Crippen molar-refractivity contribution < 1.29 is 19.5 Å². The van der Waals surface area contributed by atoms with Gasteiger partial charge in [0.25, 0.3) is 5.91 Å². The Balaban J connectivity index is 2.14. The molecule has 30 heavy (non-hydrogen) atoms. The summed E-state index contributed by atoms with van der Waals surface area (Å²) in [5, 5.41) is 18.0. The molecule has 6 N–H and O–H groups in total. The van der Waals surface area contributed by atoms with Crippen LogP contribution in [0.3, 0.4) is 0 Å². The summed E-state index contributed by atoms with van der Waals surface area (Å²) in [6.45, 7) is 2.34. The van der Waals surface area contributed by atoms with Crippen LogP contribution in [0.1, 0.15) is 23.0 Å². The Hall–Kier alpha value is -4.21.